The number of nitrogens with zero attached hydrogens (tertiary/aromatic N) is 5. The first-order valence-electron chi connectivity index (χ1n) is 14.3. The number of hydrazone groups is 1. The van der Waals surface area contributed by atoms with Crippen LogP contribution in [0.4, 0.5) is 4.79 Å². The van der Waals surface area contributed by atoms with Crippen LogP contribution >= 0.6 is 0 Å². The fraction of sp³-hybridized carbons (Fsp3) is 0.621. The van der Waals surface area contributed by atoms with E-state index in [1.165, 1.54) is 11.1 Å². The van der Waals surface area contributed by atoms with E-state index in [1.807, 2.05) is 39.8 Å². The molecule has 0 spiro atoms. The summed E-state index contributed by atoms with van der Waals surface area (Å²) < 4.78 is 5.34. The van der Waals surface area contributed by atoms with Crippen molar-refractivity contribution < 1.29 is 19.1 Å². The molecule has 3 amide bonds. The molecule has 1 aliphatic carbocycles. The number of carbonyl (C=O) groups is 3. The van der Waals surface area contributed by atoms with Gasteiger partial charge >= 0.3 is 6.09 Å². The number of benzene rings is 1. The summed E-state index contributed by atoms with van der Waals surface area (Å²) >= 11 is 0. The minimum Gasteiger partial charge on any atom is -0.444 e. The van der Waals surface area contributed by atoms with Gasteiger partial charge in [0.05, 0.1) is 18.2 Å². The van der Waals surface area contributed by atoms with Crippen LogP contribution in [-0.2, 0) is 20.7 Å². The first-order chi connectivity index (χ1) is 19.4. The van der Waals surface area contributed by atoms with Crippen molar-refractivity contribution in [3.63, 3.8) is 0 Å². The second-order valence-corrected chi connectivity index (χ2v) is 12.3. The molecule has 3 saturated heterocycles. The Morgan fingerprint density at radius 1 is 1.32 bits per heavy atom. The number of aryl methyl sites for hydroxylation is 1. The Morgan fingerprint density at radius 3 is 2.68 bits per heavy atom. The molecule has 41 heavy (non-hydrogen) atoms. The highest BCUT2D eigenvalue weighted by molar-refractivity contribution is 5.97. The largest absolute Gasteiger partial charge is 0.444 e. The van der Waals surface area contributed by atoms with Gasteiger partial charge in [-0.25, -0.2) is 4.79 Å². The third-order valence-corrected chi connectivity index (χ3v) is 8.12. The summed E-state index contributed by atoms with van der Waals surface area (Å²) in [6, 6.07) is 8.02. The molecule has 4 unspecified atom stereocenters. The smallest absolute Gasteiger partial charge is 0.407 e. The lowest BCUT2D eigenvalue weighted by Gasteiger charge is -2.38. The number of amides is 3. The van der Waals surface area contributed by atoms with Crippen molar-refractivity contribution in [3.05, 3.63) is 34.9 Å². The van der Waals surface area contributed by atoms with E-state index in [1.54, 1.807) is 4.90 Å². The molecule has 222 valence electrons. The van der Waals surface area contributed by atoms with Crippen LogP contribution in [0.15, 0.2) is 23.3 Å². The highest BCUT2D eigenvalue weighted by Crippen LogP contribution is 2.44. The number of hydrogen-bond acceptors (Lipinski definition) is 8. The van der Waals surface area contributed by atoms with E-state index in [0.717, 1.165) is 57.2 Å². The summed E-state index contributed by atoms with van der Waals surface area (Å²) in [7, 11) is 0. The lowest BCUT2D eigenvalue weighted by Crippen LogP contribution is -2.54. The molecular weight excluding hydrogens is 524 g/mol. The van der Waals surface area contributed by atoms with Crippen molar-refractivity contribution in [2.24, 2.45) is 16.7 Å². The molecule has 1 aromatic carbocycles. The fourth-order valence-electron chi connectivity index (χ4n) is 6.38. The van der Waals surface area contributed by atoms with Crippen LogP contribution in [0.5, 0.6) is 0 Å². The molecule has 3 fully saturated rings. The molecular formula is C29H42N8O4. The van der Waals surface area contributed by atoms with Crippen LogP contribution in [0.2, 0.25) is 0 Å². The topological polar surface area (TPSA) is 170 Å². The van der Waals surface area contributed by atoms with Gasteiger partial charge < -0.3 is 31.4 Å². The van der Waals surface area contributed by atoms with Gasteiger partial charge in [-0.05, 0) is 77.0 Å². The van der Waals surface area contributed by atoms with Crippen molar-refractivity contribution >= 4 is 24.2 Å². The van der Waals surface area contributed by atoms with E-state index in [0.29, 0.717) is 12.4 Å². The van der Waals surface area contributed by atoms with E-state index >= 15 is 0 Å². The Bertz CT molecular complexity index is 1220. The average molecular weight is 567 g/mol. The number of amidine groups is 1. The van der Waals surface area contributed by atoms with Crippen LogP contribution in [0.3, 0.4) is 0 Å². The molecule has 0 aromatic heterocycles. The number of piperazine rings is 1. The third-order valence-electron chi connectivity index (χ3n) is 8.12. The van der Waals surface area contributed by atoms with E-state index in [9.17, 15) is 14.4 Å². The summed E-state index contributed by atoms with van der Waals surface area (Å²) in [5, 5.41) is 14.9. The molecule has 3 heterocycles. The summed E-state index contributed by atoms with van der Waals surface area (Å²) in [4.78, 5) is 41.3. The van der Waals surface area contributed by atoms with Gasteiger partial charge in [0, 0.05) is 37.3 Å². The van der Waals surface area contributed by atoms with E-state index in [2.05, 4.69) is 32.4 Å². The number of likely N-dealkylation sites (tertiary alicyclic amines) is 3. The summed E-state index contributed by atoms with van der Waals surface area (Å²) in [6.07, 6.45) is 4.81. The van der Waals surface area contributed by atoms with Crippen molar-refractivity contribution in [1.82, 2.24) is 20.0 Å². The van der Waals surface area contributed by atoms with Gasteiger partial charge in [0.15, 0.2) is 0 Å². The maximum absolute atomic E-state index is 13.3. The SMILES string of the molecule is CC(CN1C[C@@H]2CC1C(=O)N2C1CCc2cc(/C(N)=N/N)ccc21)NC(=O)OC(C)(C)C.N#CC1CCCN1C=O. The van der Waals surface area contributed by atoms with Gasteiger partial charge in [-0.15, -0.1) is 0 Å². The van der Waals surface area contributed by atoms with Gasteiger partial charge in [0.1, 0.15) is 17.5 Å². The Balaban J connectivity index is 0.000000367. The van der Waals surface area contributed by atoms with E-state index < -0.39 is 11.7 Å². The van der Waals surface area contributed by atoms with Crippen LogP contribution in [0.25, 0.3) is 0 Å². The zero-order chi connectivity index (χ0) is 29.9. The number of rotatable bonds is 6. The molecule has 12 nitrogen and oxygen atoms in total. The number of nitriles is 1. The number of alkyl carbamates (subject to hydrolysis) is 1. The Kier molecular flexibility index (Phi) is 9.07. The zero-order valence-electron chi connectivity index (χ0n) is 24.4. The molecule has 4 aliphatic rings. The van der Waals surface area contributed by atoms with Crippen LogP contribution < -0.4 is 16.9 Å². The quantitative estimate of drug-likeness (QED) is 0.153. The highest BCUT2D eigenvalue weighted by Gasteiger charge is 2.52. The number of nitrogens with two attached hydrogens (primary N) is 2. The lowest BCUT2D eigenvalue weighted by atomic mass is 10.0. The van der Waals surface area contributed by atoms with Crippen molar-refractivity contribution in [3.8, 4) is 6.07 Å². The second kappa shape index (κ2) is 12.3. The molecule has 5 N–H and O–H groups in total. The molecule has 5 rings (SSSR count). The standard InChI is InChI=1S/C23H34N6O3.C6H8N2O/c1-13(26-22(31)32-23(2,3)4)11-28-12-16-10-19(28)21(30)29(16)18-8-6-14-9-15(20(24)27-25)5-7-17(14)18;7-4-6-2-1-3-8(6)5-9/h5,7,9,13,16,18-19H,6,8,10-12,25H2,1-4H3,(H2,24,27)(H,26,31);5-6H,1-3H2/t13?,16-,18?,19?;/m0./s1. The van der Waals surface area contributed by atoms with Crippen molar-refractivity contribution in [2.45, 2.75) is 95.6 Å². The number of ether oxygens (including phenoxy) is 1. The van der Waals surface area contributed by atoms with Crippen molar-refractivity contribution in [2.75, 3.05) is 19.6 Å². The zero-order valence-corrected chi connectivity index (χ0v) is 24.4. The van der Waals surface area contributed by atoms with Crippen LogP contribution in [0, 0.1) is 11.3 Å². The molecule has 0 saturated carbocycles. The average Bonchev–Trinajstić information content (AvgIpc) is 3.69. The minimum atomic E-state index is -0.534. The van der Waals surface area contributed by atoms with Gasteiger partial charge in [-0.3, -0.25) is 14.5 Å². The number of fused-ring (bicyclic) bond motifs is 3. The Labute approximate surface area is 241 Å². The van der Waals surface area contributed by atoms with Gasteiger partial charge in [-0.2, -0.15) is 10.4 Å². The number of carbonyl (C=O) groups excluding carboxylic acids is 3. The third kappa shape index (κ3) is 6.73. The van der Waals surface area contributed by atoms with Crippen LogP contribution in [0.1, 0.15) is 76.1 Å². The first kappa shape index (κ1) is 30.1. The van der Waals surface area contributed by atoms with E-state index in [4.69, 9.17) is 21.6 Å². The van der Waals surface area contributed by atoms with Gasteiger partial charge in [0.25, 0.3) is 0 Å². The van der Waals surface area contributed by atoms with Gasteiger partial charge in [0.2, 0.25) is 12.3 Å². The fourth-order valence-corrected chi connectivity index (χ4v) is 6.38. The summed E-state index contributed by atoms with van der Waals surface area (Å²) in [5.74, 6) is 5.82. The lowest BCUT2D eigenvalue weighted by molar-refractivity contribution is -0.139. The number of hydrogen-bond donors (Lipinski definition) is 3. The van der Waals surface area contributed by atoms with Crippen molar-refractivity contribution in [1.29, 1.82) is 5.26 Å². The monoisotopic (exact) mass is 566 g/mol. The molecule has 2 bridgehead atoms. The van der Waals surface area contributed by atoms with Gasteiger partial charge in [-0.1, -0.05) is 12.1 Å². The van der Waals surface area contributed by atoms with E-state index in [-0.39, 0.29) is 36.1 Å². The first-order valence-corrected chi connectivity index (χ1v) is 14.3. The second-order valence-electron chi connectivity index (χ2n) is 12.3. The van der Waals surface area contributed by atoms with Crippen LogP contribution in [-0.4, -0.2) is 88.3 Å². The predicted octanol–water partition coefficient (Wildman–Crippen LogP) is 1.58. The molecule has 0 radical (unpaired) electrons. The highest BCUT2D eigenvalue weighted by atomic mass is 16.6. The predicted molar refractivity (Wildman–Crippen MR) is 153 cm³/mol. The normalized spacial score (nSPS) is 26.2. The maximum Gasteiger partial charge on any atom is 0.407 e. The summed E-state index contributed by atoms with van der Waals surface area (Å²) in [6.45, 7) is 9.67. The maximum atomic E-state index is 13.3. The number of nitrogens with one attached hydrogen (secondary N) is 1. The Hall–Kier alpha value is -3.85. The minimum absolute atomic E-state index is 0.106. The molecule has 12 heteroatoms. The summed E-state index contributed by atoms with van der Waals surface area (Å²) in [5.41, 5.74) is 8.55. The Morgan fingerprint density at radius 2 is 2.07 bits per heavy atom. The molecule has 3 aliphatic heterocycles. The molecule has 5 atom stereocenters. The molecule has 1 aromatic rings.